The number of thiazole rings is 1. The molecule has 1 N–H and O–H groups in total. The van der Waals surface area contributed by atoms with Gasteiger partial charge in [-0.15, -0.1) is 11.3 Å². The topological polar surface area (TPSA) is 93.2 Å². The summed E-state index contributed by atoms with van der Waals surface area (Å²) in [6.07, 6.45) is 0.173. The van der Waals surface area contributed by atoms with E-state index in [4.69, 9.17) is 14.2 Å². The molecule has 2 aromatic rings. The molecule has 10 heteroatoms. The summed E-state index contributed by atoms with van der Waals surface area (Å²) in [4.78, 5) is 33.8. The average Bonchev–Trinajstić information content (AvgIpc) is 3.40. The molecule has 1 atom stereocenters. The average molecular weight is 445 g/mol. The number of hydrogen-bond donors (Lipinski definition) is 1. The highest BCUT2D eigenvalue weighted by molar-refractivity contribution is 7.13. The monoisotopic (exact) mass is 444 g/mol. The van der Waals surface area contributed by atoms with Crippen molar-refractivity contribution < 1.29 is 23.8 Å². The second-order valence-corrected chi connectivity index (χ2v) is 8.61. The lowest BCUT2D eigenvalue weighted by molar-refractivity contribution is -0.122. The Balaban J connectivity index is 1.19. The number of carbonyl (C=O) groups excluding carboxylic acids is 2. The van der Waals surface area contributed by atoms with E-state index in [2.05, 4.69) is 15.2 Å². The molecular formula is C21H24N4O5S. The molecule has 2 fully saturated rings. The Morgan fingerprint density at radius 2 is 1.97 bits per heavy atom. The van der Waals surface area contributed by atoms with Crippen molar-refractivity contribution >= 4 is 34.0 Å². The smallest absolute Gasteiger partial charge is 0.231 e. The minimum atomic E-state index is -0.424. The minimum Gasteiger partial charge on any atom is -0.486 e. The SMILES string of the molecule is O=C(Nc1nc(CN2CCOCC2)cs1)C1CC(=O)N(c2ccc3c(c2)OCCO3)C1. The lowest BCUT2D eigenvalue weighted by atomic mass is 10.1. The molecule has 0 bridgehead atoms. The zero-order valence-electron chi connectivity index (χ0n) is 17.0. The molecule has 0 radical (unpaired) electrons. The number of fused-ring (bicyclic) bond motifs is 1. The maximum Gasteiger partial charge on any atom is 0.231 e. The van der Waals surface area contributed by atoms with Gasteiger partial charge in [0.25, 0.3) is 0 Å². The number of benzene rings is 1. The third-order valence-electron chi connectivity index (χ3n) is 5.60. The number of morpholine rings is 1. The molecule has 1 unspecified atom stereocenters. The van der Waals surface area contributed by atoms with Crippen molar-refractivity contribution in [2.45, 2.75) is 13.0 Å². The van der Waals surface area contributed by atoms with Crippen LogP contribution in [0.4, 0.5) is 10.8 Å². The summed E-state index contributed by atoms with van der Waals surface area (Å²) in [5, 5.41) is 5.42. The molecule has 3 aliphatic heterocycles. The van der Waals surface area contributed by atoms with E-state index in [1.165, 1.54) is 11.3 Å². The first-order valence-corrected chi connectivity index (χ1v) is 11.3. The Morgan fingerprint density at radius 3 is 2.81 bits per heavy atom. The molecule has 0 spiro atoms. The lowest BCUT2D eigenvalue weighted by Gasteiger charge is -2.25. The molecule has 0 aliphatic carbocycles. The molecule has 2 saturated heterocycles. The number of ether oxygens (including phenoxy) is 3. The van der Waals surface area contributed by atoms with E-state index in [1.54, 1.807) is 17.0 Å². The summed E-state index contributed by atoms with van der Waals surface area (Å²) in [6, 6.07) is 5.42. The first-order valence-electron chi connectivity index (χ1n) is 10.4. The first kappa shape index (κ1) is 20.2. The van der Waals surface area contributed by atoms with Crippen molar-refractivity contribution in [3.05, 3.63) is 29.3 Å². The van der Waals surface area contributed by atoms with Crippen molar-refractivity contribution in [1.29, 1.82) is 0 Å². The van der Waals surface area contributed by atoms with Crippen LogP contribution in [0.1, 0.15) is 12.1 Å². The number of carbonyl (C=O) groups is 2. The van der Waals surface area contributed by atoms with Gasteiger partial charge in [-0.3, -0.25) is 14.5 Å². The summed E-state index contributed by atoms with van der Waals surface area (Å²) in [5.41, 5.74) is 1.65. The molecule has 3 aliphatic rings. The predicted molar refractivity (Wildman–Crippen MR) is 115 cm³/mol. The van der Waals surface area contributed by atoms with Crippen LogP contribution in [0.25, 0.3) is 0 Å². The summed E-state index contributed by atoms with van der Waals surface area (Å²) in [6.45, 7) is 5.33. The molecule has 0 saturated carbocycles. The Morgan fingerprint density at radius 1 is 1.16 bits per heavy atom. The van der Waals surface area contributed by atoms with Crippen LogP contribution in [0, 0.1) is 5.92 Å². The van der Waals surface area contributed by atoms with Gasteiger partial charge < -0.3 is 24.4 Å². The van der Waals surface area contributed by atoms with E-state index in [1.807, 2.05) is 11.4 Å². The van der Waals surface area contributed by atoms with Crippen molar-refractivity contribution in [1.82, 2.24) is 9.88 Å². The molecule has 5 rings (SSSR count). The summed E-state index contributed by atoms with van der Waals surface area (Å²) < 4.78 is 16.5. The highest BCUT2D eigenvalue weighted by atomic mass is 32.1. The van der Waals surface area contributed by atoms with Crippen LogP contribution in [-0.4, -0.2) is 67.8 Å². The molecule has 9 nitrogen and oxygen atoms in total. The van der Waals surface area contributed by atoms with Gasteiger partial charge in [-0.1, -0.05) is 0 Å². The largest absolute Gasteiger partial charge is 0.486 e. The van der Waals surface area contributed by atoms with Crippen molar-refractivity contribution in [3.63, 3.8) is 0 Å². The first-order chi connectivity index (χ1) is 15.2. The molecule has 1 aromatic heterocycles. The van der Waals surface area contributed by atoms with E-state index in [0.29, 0.717) is 42.1 Å². The third kappa shape index (κ3) is 4.51. The molecule has 4 heterocycles. The van der Waals surface area contributed by atoms with Crippen molar-refractivity contribution in [3.8, 4) is 11.5 Å². The molecule has 31 heavy (non-hydrogen) atoms. The maximum absolute atomic E-state index is 12.8. The molecule has 2 amide bonds. The van der Waals surface area contributed by atoms with Gasteiger partial charge in [0, 0.05) is 49.7 Å². The number of hydrogen-bond acceptors (Lipinski definition) is 8. The number of anilines is 2. The second kappa shape index (κ2) is 8.81. The van der Waals surface area contributed by atoms with Gasteiger partial charge in [0.05, 0.1) is 24.8 Å². The zero-order chi connectivity index (χ0) is 21.2. The van der Waals surface area contributed by atoms with Crippen molar-refractivity contribution in [2.24, 2.45) is 5.92 Å². The van der Waals surface area contributed by atoms with E-state index in [9.17, 15) is 9.59 Å². The van der Waals surface area contributed by atoms with Crippen LogP contribution in [0.15, 0.2) is 23.6 Å². The van der Waals surface area contributed by atoms with Gasteiger partial charge in [-0.25, -0.2) is 4.98 Å². The molecule has 164 valence electrons. The van der Waals surface area contributed by atoms with Crippen molar-refractivity contribution in [2.75, 3.05) is 56.3 Å². The van der Waals surface area contributed by atoms with E-state index in [0.717, 1.165) is 38.5 Å². The quantitative estimate of drug-likeness (QED) is 0.751. The Bertz CT molecular complexity index is 974. The van der Waals surface area contributed by atoms with E-state index >= 15 is 0 Å². The van der Waals surface area contributed by atoms with Crippen LogP contribution in [-0.2, 0) is 20.9 Å². The highest BCUT2D eigenvalue weighted by Crippen LogP contribution is 2.36. The maximum atomic E-state index is 12.8. The van der Waals surface area contributed by atoms with Crippen LogP contribution in [0.2, 0.25) is 0 Å². The van der Waals surface area contributed by atoms with E-state index in [-0.39, 0.29) is 18.2 Å². The fraction of sp³-hybridized carbons (Fsp3) is 0.476. The fourth-order valence-corrected chi connectivity index (χ4v) is 4.67. The Hall–Kier alpha value is -2.69. The number of aromatic nitrogens is 1. The highest BCUT2D eigenvalue weighted by Gasteiger charge is 2.36. The van der Waals surface area contributed by atoms with Gasteiger partial charge in [0.1, 0.15) is 13.2 Å². The lowest BCUT2D eigenvalue weighted by Crippen LogP contribution is -2.35. The number of nitrogens with one attached hydrogen (secondary N) is 1. The fourth-order valence-electron chi connectivity index (χ4n) is 3.97. The number of amides is 2. The molecular weight excluding hydrogens is 420 g/mol. The van der Waals surface area contributed by atoms with E-state index < -0.39 is 5.92 Å². The van der Waals surface area contributed by atoms with Crippen LogP contribution >= 0.6 is 11.3 Å². The van der Waals surface area contributed by atoms with Crippen LogP contribution in [0.3, 0.4) is 0 Å². The number of rotatable bonds is 5. The zero-order valence-corrected chi connectivity index (χ0v) is 17.9. The molecule has 1 aromatic carbocycles. The minimum absolute atomic E-state index is 0.0797. The summed E-state index contributed by atoms with van der Waals surface area (Å²) >= 11 is 1.41. The Labute approximate surface area is 183 Å². The number of nitrogens with zero attached hydrogens (tertiary/aromatic N) is 3. The van der Waals surface area contributed by atoms with Crippen LogP contribution < -0.4 is 19.7 Å². The normalized spacial score (nSPS) is 21.4. The predicted octanol–water partition coefficient (Wildman–Crippen LogP) is 1.74. The Kier molecular flexibility index (Phi) is 5.75. The van der Waals surface area contributed by atoms with Crippen LogP contribution in [0.5, 0.6) is 11.5 Å². The standard InChI is InChI=1S/C21H24N4O5S/c26-19-9-14(11-25(19)16-1-2-17-18(10-16)30-8-7-29-17)20(27)23-21-22-15(13-31-21)12-24-3-5-28-6-4-24/h1-2,10,13-14H,3-9,11-12H2,(H,22,23,27). The van der Waals surface area contributed by atoms with Gasteiger partial charge in [0.2, 0.25) is 11.8 Å². The third-order valence-corrected chi connectivity index (χ3v) is 6.41. The van der Waals surface area contributed by atoms with Gasteiger partial charge in [0.15, 0.2) is 16.6 Å². The summed E-state index contributed by atoms with van der Waals surface area (Å²) in [5.74, 6) is 0.615. The van der Waals surface area contributed by atoms with Gasteiger partial charge >= 0.3 is 0 Å². The van der Waals surface area contributed by atoms with Gasteiger partial charge in [-0.05, 0) is 12.1 Å². The second-order valence-electron chi connectivity index (χ2n) is 7.76. The van der Waals surface area contributed by atoms with Gasteiger partial charge in [-0.2, -0.15) is 0 Å². The summed E-state index contributed by atoms with van der Waals surface area (Å²) in [7, 11) is 0.